The average Bonchev–Trinajstić information content (AvgIpc) is 2.81. The van der Waals surface area contributed by atoms with Gasteiger partial charge in [-0.15, -0.1) is 0 Å². The predicted molar refractivity (Wildman–Crippen MR) is 131 cm³/mol. The number of methoxy groups -OCH3 is 3. The molecule has 1 aliphatic rings. The van der Waals surface area contributed by atoms with Crippen molar-refractivity contribution in [3.8, 4) is 17.2 Å². The molecule has 1 aliphatic carbocycles. The highest BCUT2D eigenvalue weighted by atomic mass is 16.5. The van der Waals surface area contributed by atoms with Crippen molar-refractivity contribution in [2.45, 2.75) is 33.6 Å². The van der Waals surface area contributed by atoms with Gasteiger partial charge in [0.05, 0.1) is 38.5 Å². The Bertz CT molecular complexity index is 1260. The average molecular weight is 461 g/mol. The first-order valence-corrected chi connectivity index (χ1v) is 11.3. The van der Waals surface area contributed by atoms with Crippen LogP contribution in [0.25, 0.3) is 22.6 Å². The van der Waals surface area contributed by atoms with Crippen LogP contribution in [0.5, 0.6) is 17.2 Å². The minimum Gasteiger partial charge on any atom is -0.545 e. The zero-order valence-electron chi connectivity index (χ0n) is 20.5. The van der Waals surface area contributed by atoms with Crippen LogP contribution < -0.4 is 19.3 Å². The summed E-state index contributed by atoms with van der Waals surface area (Å²) >= 11 is 0. The van der Waals surface area contributed by atoms with Crippen molar-refractivity contribution in [3.05, 3.63) is 58.8 Å². The van der Waals surface area contributed by atoms with Crippen molar-refractivity contribution < 1.29 is 24.1 Å². The molecule has 6 heteroatoms. The van der Waals surface area contributed by atoms with Gasteiger partial charge in [0.15, 0.2) is 11.5 Å². The highest BCUT2D eigenvalue weighted by Crippen LogP contribution is 2.45. The Labute approximate surface area is 200 Å². The Hall–Kier alpha value is -3.54. The molecule has 0 unspecified atom stereocenters. The molecule has 0 radical (unpaired) electrons. The Morgan fingerprint density at radius 1 is 1.03 bits per heavy atom. The number of allylic oxidation sites excluding steroid dienone is 1. The van der Waals surface area contributed by atoms with Crippen LogP contribution in [0.15, 0.2) is 36.4 Å². The molecule has 0 N–H and O–H groups in total. The fraction of sp³-hybridized carbons (Fsp3) is 0.357. The number of fused-ring (bicyclic) bond motifs is 2. The number of carbonyl (C=O) groups is 1. The zero-order valence-corrected chi connectivity index (χ0v) is 20.5. The Kier molecular flexibility index (Phi) is 6.26. The topological polar surface area (TPSA) is 80.7 Å². The van der Waals surface area contributed by atoms with Gasteiger partial charge in [0.25, 0.3) is 0 Å². The maximum Gasteiger partial charge on any atom is 0.203 e. The lowest BCUT2D eigenvalue weighted by atomic mass is 9.69. The molecular formula is C28H30NO5-. The third-order valence-corrected chi connectivity index (χ3v) is 6.67. The van der Waals surface area contributed by atoms with E-state index in [1.54, 1.807) is 27.4 Å². The number of aromatic nitrogens is 1. The fourth-order valence-electron chi connectivity index (χ4n) is 4.76. The first kappa shape index (κ1) is 23.6. The van der Waals surface area contributed by atoms with Crippen molar-refractivity contribution in [1.82, 2.24) is 4.98 Å². The molecule has 3 aromatic rings. The molecule has 1 heterocycles. The number of rotatable bonds is 5. The van der Waals surface area contributed by atoms with Gasteiger partial charge in [-0.05, 0) is 65.1 Å². The van der Waals surface area contributed by atoms with E-state index in [0.717, 1.165) is 23.1 Å². The van der Waals surface area contributed by atoms with Gasteiger partial charge in [0, 0.05) is 10.9 Å². The first-order valence-electron chi connectivity index (χ1n) is 11.3. The SMILES string of the molecule is COc1cc(/C=C2\C[C@@H](C(C)(C)C)Cc3c2nc2ccccc2c3C(=O)[O-])cc(OC)c1OC. The molecule has 0 saturated heterocycles. The number of benzene rings is 2. The number of carbonyl (C=O) groups excluding carboxylic acids is 1. The number of hydrogen-bond acceptors (Lipinski definition) is 6. The second-order valence-corrected chi connectivity index (χ2v) is 9.72. The molecule has 4 rings (SSSR count). The lowest BCUT2D eigenvalue weighted by Crippen LogP contribution is -2.31. The summed E-state index contributed by atoms with van der Waals surface area (Å²) in [6.45, 7) is 6.56. The summed E-state index contributed by atoms with van der Waals surface area (Å²) < 4.78 is 16.5. The second-order valence-electron chi connectivity index (χ2n) is 9.72. The quantitative estimate of drug-likeness (QED) is 0.545. The van der Waals surface area contributed by atoms with Gasteiger partial charge in [-0.3, -0.25) is 0 Å². The van der Waals surface area contributed by atoms with Crippen molar-refractivity contribution in [2.75, 3.05) is 21.3 Å². The van der Waals surface area contributed by atoms with Crippen molar-refractivity contribution in [3.63, 3.8) is 0 Å². The van der Waals surface area contributed by atoms with E-state index in [-0.39, 0.29) is 16.9 Å². The Balaban J connectivity index is 1.99. The van der Waals surface area contributed by atoms with E-state index in [0.29, 0.717) is 40.3 Å². The first-order chi connectivity index (χ1) is 16.2. The van der Waals surface area contributed by atoms with Gasteiger partial charge >= 0.3 is 0 Å². The normalized spacial score (nSPS) is 16.9. The Morgan fingerprint density at radius 2 is 1.68 bits per heavy atom. The molecule has 0 amide bonds. The third-order valence-electron chi connectivity index (χ3n) is 6.67. The van der Waals surface area contributed by atoms with Crippen LogP contribution in [-0.4, -0.2) is 32.3 Å². The predicted octanol–water partition coefficient (Wildman–Crippen LogP) is 4.77. The molecule has 6 nitrogen and oxygen atoms in total. The van der Waals surface area contributed by atoms with Gasteiger partial charge in [0.1, 0.15) is 0 Å². The smallest absolute Gasteiger partial charge is 0.203 e. The van der Waals surface area contributed by atoms with Gasteiger partial charge in [-0.25, -0.2) is 4.98 Å². The second kappa shape index (κ2) is 9.01. The number of nitrogens with zero attached hydrogens (tertiary/aromatic N) is 1. The molecule has 2 aromatic carbocycles. The lowest BCUT2D eigenvalue weighted by molar-refractivity contribution is -0.254. The van der Waals surface area contributed by atoms with E-state index in [2.05, 4.69) is 20.8 Å². The molecule has 0 fully saturated rings. The molecule has 0 bridgehead atoms. The molecular weight excluding hydrogens is 430 g/mol. The number of pyridine rings is 1. The summed E-state index contributed by atoms with van der Waals surface area (Å²) in [5.74, 6) is 0.691. The molecule has 0 aliphatic heterocycles. The fourth-order valence-corrected chi connectivity index (χ4v) is 4.76. The summed E-state index contributed by atoms with van der Waals surface area (Å²) in [5.41, 5.74) is 4.14. The van der Waals surface area contributed by atoms with Crippen LogP contribution >= 0.6 is 0 Å². The summed E-state index contributed by atoms with van der Waals surface area (Å²) in [6, 6.07) is 11.1. The molecule has 1 atom stereocenters. The number of hydrogen-bond donors (Lipinski definition) is 0. The van der Waals surface area contributed by atoms with E-state index in [1.165, 1.54) is 0 Å². The van der Waals surface area contributed by atoms with Crippen LogP contribution in [0.1, 0.15) is 54.4 Å². The van der Waals surface area contributed by atoms with Gasteiger partial charge in [0.2, 0.25) is 5.75 Å². The highest BCUT2D eigenvalue weighted by Gasteiger charge is 2.34. The molecule has 0 spiro atoms. The summed E-state index contributed by atoms with van der Waals surface area (Å²) in [6.07, 6.45) is 3.44. The maximum absolute atomic E-state index is 12.3. The van der Waals surface area contributed by atoms with Crippen LogP contribution in [0.3, 0.4) is 0 Å². The molecule has 1 aromatic heterocycles. The summed E-state index contributed by atoms with van der Waals surface area (Å²) in [4.78, 5) is 17.3. The van der Waals surface area contributed by atoms with Crippen LogP contribution in [0.2, 0.25) is 0 Å². The van der Waals surface area contributed by atoms with E-state index in [1.807, 2.05) is 36.4 Å². The van der Waals surface area contributed by atoms with Crippen molar-refractivity contribution in [1.29, 1.82) is 0 Å². The van der Waals surface area contributed by atoms with E-state index >= 15 is 0 Å². The van der Waals surface area contributed by atoms with Gasteiger partial charge in [-0.2, -0.15) is 0 Å². The van der Waals surface area contributed by atoms with E-state index in [4.69, 9.17) is 19.2 Å². The minimum atomic E-state index is -1.17. The minimum absolute atomic E-state index is 0.0269. The molecule has 178 valence electrons. The maximum atomic E-state index is 12.3. The highest BCUT2D eigenvalue weighted by molar-refractivity contribution is 6.05. The number of carboxylic acids is 1. The van der Waals surface area contributed by atoms with Crippen LogP contribution in [0.4, 0.5) is 0 Å². The molecule has 34 heavy (non-hydrogen) atoms. The number of para-hydroxylation sites is 1. The molecule has 0 saturated carbocycles. The van der Waals surface area contributed by atoms with Crippen LogP contribution in [0, 0.1) is 11.3 Å². The number of aromatic carboxylic acids is 1. The number of carboxylic acid groups (broad SMARTS) is 1. The van der Waals surface area contributed by atoms with E-state index < -0.39 is 5.97 Å². The third kappa shape index (κ3) is 4.20. The Morgan fingerprint density at radius 3 is 2.24 bits per heavy atom. The van der Waals surface area contributed by atoms with Crippen molar-refractivity contribution >= 4 is 28.5 Å². The zero-order chi connectivity index (χ0) is 24.6. The van der Waals surface area contributed by atoms with Crippen LogP contribution in [-0.2, 0) is 6.42 Å². The van der Waals surface area contributed by atoms with E-state index in [9.17, 15) is 9.90 Å². The standard InChI is InChI=1S/C28H31NO5/c1-28(2,3)18-14-17(11-16-12-22(32-4)26(34-6)23(13-16)33-5)25-20(15-18)24(27(30)31)19-9-7-8-10-21(19)29-25/h7-13,18H,14-15H2,1-6H3,(H,30,31)/p-1/b17-11+/t18-/m1/s1. The van der Waals surface area contributed by atoms with Gasteiger partial charge in [-0.1, -0.05) is 39.0 Å². The lowest BCUT2D eigenvalue weighted by Gasteiger charge is -2.37. The van der Waals surface area contributed by atoms with Crippen molar-refractivity contribution in [2.24, 2.45) is 11.3 Å². The monoisotopic (exact) mass is 460 g/mol. The summed E-state index contributed by atoms with van der Waals surface area (Å²) in [5, 5.41) is 13.0. The number of ether oxygens (including phenoxy) is 3. The van der Waals surface area contributed by atoms with Gasteiger partial charge < -0.3 is 24.1 Å². The largest absolute Gasteiger partial charge is 0.545 e. The summed E-state index contributed by atoms with van der Waals surface area (Å²) in [7, 11) is 4.74.